The second kappa shape index (κ2) is 4.13. The van der Waals surface area contributed by atoms with Crippen molar-refractivity contribution in [2.24, 2.45) is 7.05 Å². The van der Waals surface area contributed by atoms with Gasteiger partial charge < -0.3 is 4.74 Å². The number of halogens is 2. The van der Waals surface area contributed by atoms with Crippen LogP contribution in [0, 0.1) is 0 Å². The minimum Gasteiger partial charge on any atom is -0.438 e. The fraction of sp³-hybridized carbons (Fsp3) is 0.100. The summed E-state index contributed by atoms with van der Waals surface area (Å²) in [6.45, 7) is 0. The summed E-state index contributed by atoms with van der Waals surface area (Å²) in [5.74, 6) is 1.13. The van der Waals surface area contributed by atoms with Crippen molar-refractivity contribution in [1.29, 1.82) is 0 Å². The van der Waals surface area contributed by atoms with Crippen LogP contribution in [0.5, 0.6) is 11.6 Å². The van der Waals surface area contributed by atoms with Crippen molar-refractivity contribution in [3.63, 3.8) is 0 Å². The van der Waals surface area contributed by atoms with E-state index >= 15 is 0 Å². The summed E-state index contributed by atoms with van der Waals surface area (Å²) in [6.07, 6.45) is 1.65. The second-order valence-electron chi connectivity index (χ2n) is 2.97. The average Bonchev–Trinajstić information content (AvgIpc) is 2.58. The van der Waals surface area contributed by atoms with E-state index in [4.69, 9.17) is 27.9 Å². The van der Waals surface area contributed by atoms with Gasteiger partial charge in [0.05, 0.1) is 11.2 Å². The van der Waals surface area contributed by atoms with E-state index in [1.165, 1.54) is 0 Å². The topological polar surface area (TPSA) is 27.1 Å². The van der Waals surface area contributed by atoms with Gasteiger partial charge in [0.2, 0.25) is 5.88 Å². The van der Waals surface area contributed by atoms with Crippen LogP contribution in [0.2, 0.25) is 10.0 Å². The van der Waals surface area contributed by atoms with Crippen LogP contribution in [0.25, 0.3) is 0 Å². The van der Waals surface area contributed by atoms with Crippen LogP contribution in [-0.4, -0.2) is 9.78 Å². The molecular weight excluding hydrogens is 235 g/mol. The first-order valence-corrected chi connectivity index (χ1v) is 5.03. The normalized spacial score (nSPS) is 10.3. The quantitative estimate of drug-likeness (QED) is 0.806. The molecule has 5 heteroatoms. The molecule has 78 valence electrons. The molecular formula is C10H8Cl2N2O. The summed E-state index contributed by atoms with van der Waals surface area (Å²) in [5, 5.41) is 5.08. The van der Waals surface area contributed by atoms with Gasteiger partial charge in [0.1, 0.15) is 5.75 Å². The Morgan fingerprint density at radius 3 is 2.73 bits per heavy atom. The van der Waals surface area contributed by atoms with Crippen LogP contribution in [0.15, 0.2) is 30.5 Å². The number of rotatable bonds is 2. The highest BCUT2D eigenvalue weighted by Crippen LogP contribution is 2.31. The smallest absolute Gasteiger partial charge is 0.217 e. The summed E-state index contributed by atoms with van der Waals surface area (Å²) in [5.41, 5.74) is 0. The molecule has 0 amide bonds. The Morgan fingerprint density at radius 1 is 1.27 bits per heavy atom. The van der Waals surface area contributed by atoms with E-state index in [-0.39, 0.29) is 0 Å². The molecule has 0 atom stereocenters. The van der Waals surface area contributed by atoms with E-state index in [1.807, 2.05) is 0 Å². The molecule has 0 saturated carbocycles. The van der Waals surface area contributed by atoms with E-state index in [9.17, 15) is 0 Å². The Balaban J connectivity index is 2.32. The van der Waals surface area contributed by atoms with Gasteiger partial charge in [-0.3, -0.25) is 0 Å². The molecule has 15 heavy (non-hydrogen) atoms. The maximum absolute atomic E-state index is 5.95. The first-order valence-electron chi connectivity index (χ1n) is 4.28. The molecule has 0 unspecified atom stereocenters. The summed E-state index contributed by atoms with van der Waals surface area (Å²) >= 11 is 11.8. The van der Waals surface area contributed by atoms with Crippen molar-refractivity contribution in [2.75, 3.05) is 0 Å². The fourth-order valence-corrected chi connectivity index (χ4v) is 1.45. The molecule has 1 aromatic heterocycles. The molecule has 2 rings (SSSR count). The van der Waals surface area contributed by atoms with Crippen molar-refractivity contribution in [1.82, 2.24) is 9.78 Å². The predicted octanol–water partition coefficient (Wildman–Crippen LogP) is 3.52. The molecule has 0 radical (unpaired) electrons. The summed E-state index contributed by atoms with van der Waals surface area (Å²) in [7, 11) is 1.79. The molecule has 0 aliphatic carbocycles. The number of benzene rings is 1. The van der Waals surface area contributed by atoms with E-state index in [0.29, 0.717) is 21.7 Å². The lowest BCUT2D eigenvalue weighted by atomic mass is 10.3. The number of hydrogen-bond donors (Lipinski definition) is 0. The molecule has 0 fully saturated rings. The van der Waals surface area contributed by atoms with Gasteiger partial charge in [-0.15, -0.1) is 0 Å². The fourth-order valence-electron chi connectivity index (χ4n) is 1.13. The van der Waals surface area contributed by atoms with Gasteiger partial charge in [-0.1, -0.05) is 23.2 Å². The summed E-state index contributed by atoms with van der Waals surface area (Å²) in [4.78, 5) is 0. The minimum absolute atomic E-state index is 0.514. The van der Waals surface area contributed by atoms with Crippen LogP contribution < -0.4 is 4.74 Å². The first-order chi connectivity index (χ1) is 7.16. The standard InChI is InChI=1S/C10H8Cl2N2O/c1-14-10(4-5-13-14)15-9-6-7(11)2-3-8(9)12/h2-6H,1H3. The number of nitrogens with zero attached hydrogens (tertiary/aromatic N) is 2. The van der Waals surface area contributed by atoms with Crippen molar-refractivity contribution < 1.29 is 4.74 Å². The lowest BCUT2D eigenvalue weighted by Gasteiger charge is -2.07. The molecule has 0 saturated heterocycles. The molecule has 0 N–H and O–H groups in total. The third-order valence-corrected chi connectivity index (χ3v) is 2.43. The van der Waals surface area contributed by atoms with Crippen LogP contribution in [-0.2, 0) is 7.05 Å². The Morgan fingerprint density at radius 2 is 2.07 bits per heavy atom. The molecule has 0 spiro atoms. The van der Waals surface area contributed by atoms with Crippen LogP contribution in [0.3, 0.4) is 0 Å². The van der Waals surface area contributed by atoms with Crippen molar-refractivity contribution in [3.05, 3.63) is 40.5 Å². The largest absolute Gasteiger partial charge is 0.438 e. The highest BCUT2D eigenvalue weighted by atomic mass is 35.5. The Hall–Kier alpha value is -1.19. The van der Waals surface area contributed by atoms with Gasteiger partial charge in [-0.25, -0.2) is 4.68 Å². The van der Waals surface area contributed by atoms with Crippen LogP contribution in [0.4, 0.5) is 0 Å². The van der Waals surface area contributed by atoms with E-state index < -0.39 is 0 Å². The molecule has 0 aliphatic rings. The zero-order valence-electron chi connectivity index (χ0n) is 7.95. The first kappa shape index (κ1) is 10.3. The SMILES string of the molecule is Cn1nccc1Oc1cc(Cl)ccc1Cl. The summed E-state index contributed by atoms with van der Waals surface area (Å²) < 4.78 is 7.15. The van der Waals surface area contributed by atoms with Gasteiger partial charge in [0.25, 0.3) is 0 Å². The van der Waals surface area contributed by atoms with Gasteiger partial charge in [0, 0.05) is 24.2 Å². The van der Waals surface area contributed by atoms with E-state index in [2.05, 4.69) is 5.10 Å². The second-order valence-corrected chi connectivity index (χ2v) is 3.81. The lowest BCUT2D eigenvalue weighted by Crippen LogP contribution is -1.95. The van der Waals surface area contributed by atoms with E-state index in [0.717, 1.165) is 0 Å². The Labute approximate surface area is 97.2 Å². The van der Waals surface area contributed by atoms with Gasteiger partial charge in [-0.2, -0.15) is 5.10 Å². The van der Waals surface area contributed by atoms with Gasteiger partial charge in [-0.05, 0) is 12.1 Å². The highest BCUT2D eigenvalue weighted by Gasteiger charge is 2.06. The van der Waals surface area contributed by atoms with Gasteiger partial charge in [0.15, 0.2) is 0 Å². The Kier molecular flexibility index (Phi) is 2.84. The van der Waals surface area contributed by atoms with Crippen LogP contribution in [0.1, 0.15) is 0 Å². The Bertz CT molecular complexity index is 482. The van der Waals surface area contributed by atoms with Crippen molar-refractivity contribution >= 4 is 23.2 Å². The minimum atomic E-state index is 0.514. The molecule has 1 heterocycles. The zero-order valence-corrected chi connectivity index (χ0v) is 9.46. The number of ether oxygens (including phenoxy) is 1. The molecule has 0 aliphatic heterocycles. The average molecular weight is 243 g/mol. The molecule has 2 aromatic rings. The maximum atomic E-state index is 5.95. The number of aryl methyl sites for hydroxylation is 1. The number of hydrogen-bond acceptors (Lipinski definition) is 2. The van der Waals surface area contributed by atoms with Crippen molar-refractivity contribution in [2.45, 2.75) is 0 Å². The predicted molar refractivity (Wildman–Crippen MR) is 59.7 cm³/mol. The number of aromatic nitrogens is 2. The third-order valence-electron chi connectivity index (χ3n) is 1.88. The van der Waals surface area contributed by atoms with Gasteiger partial charge >= 0.3 is 0 Å². The zero-order chi connectivity index (χ0) is 10.8. The summed E-state index contributed by atoms with van der Waals surface area (Å²) in [6, 6.07) is 6.81. The van der Waals surface area contributed by atoms with Crippen LogP contribution >= 0.6 is 23.2 Å². The van der Waals surface area contributed by atoms with Crippen molar-refractivity contribution in [3.8, 4) is 11.6 Å². The molecule has 1 aromatic carbocycles. The van der Waals surface area contributed by atoms with E-state index in [1.54, 1.807) is 42.2 Å². The molecule has 3 nitrogen and oxygen atoms in total. The third kappa shape index (κ3) is 2.25. The monoisotopic (exact) mass is 242 g/mol. The highest BCUT2D eigenvalue weighted by molar-refractivity contribution is 6.34. The maximum Gasteiger partial charge on any atom is 0.217 e. The lowest BCUT2D eigenvalue weighted by molar-refractivity contribution is 0.431. The molecule has 0 bridgehead atoms.